The van der Waals surface area contributed by atoms with Crippen molar-refractivity contribution in [2.24, 2.45) is 0 Å². The molecular weight excluding hydrogens is 573 g/mol. The van der Waals surface area contributed by atoms with Crippen LogP contribution < -0.4 is 15.3 Å². The van der Waals surface area contributed by atoms with Crippen LogP contribution in [0.25, 0.3) is 26.9 Å². The molecule has 0 spiro atoms. The first-order chi connectivity index (χ1) is 20.2. The number of hydrogen-bond acceptors (Lipinski definition) is 6. The van der Waals surface area contributed by atoms with Gasteiger partial charge in [0.25, 0.3) is 5.91 Å². The van der Waals surface area contributed by atoms with E-state index < -0.39 is 35.1 Å². The number of carbonyl (C=O) groups excluding carboxylic acids is 1. The van der Waals surface area contributed by atoms with Gasteiger partial charge in [-0.05, 0) is 37.7 Å². The molecule has 3 aromatic rings. The van der Waals surface area contributed by atoms with E-state index in [0.29, 0.717) is 17.4 Å². The van der Waals surface area contributed by atoms with Crippen LogP contribution in [0.5, 0.6) is 5.75 Å². The summed E-state index contributed by atoms with van der Waals surface area (Å²) in [5.74, 6) is -3.14. The fraction of sp³-hybridized carbons (Fsp3) is 0.379. The lowest BCUT2D eigenvalue weighted by Gasteiger charge is -2.40. The molecule has 6 rings (SSSR count). The summed E-state index contributed by atoms with van der Waals surface area (Å²) in [6.45, 7) is 13.2. The molecule has 1 unspecified atom stereocenters. The number of carbonyl (C=O) groups is 1. The van der Waals surface area contributed by atoms with Crippen molar-refractivity contribution in [2.45, 2.75) is 18.5 Å². The molecule has 0 aliphatic carbocycles. The van der Waals surface area contributed by atoms with E-state index in [1.165, 1.54) is 11.0 Å². The van der Waals surface area contributed by atoms with Gasteiger partial charge in [-0.2, -0.15) is 4.98 Å². The van der Waals surface area contributed by atoms with E-state index in [-0.39, 0.29) is 66.5 Å². The van der Waals surface area contributed by atoms with E-state index in [9.17, 15) is 18.4 Å². The van der Waals surface area contributed by atoms with Crippen molar-refractivity contribution in [1.82, 2.24) is 19.4 Å². The predicted molar refractivity (Wildman–Crippen MR) is 151 cm³/mol. The van der Waals surface area contributed by atoms with Crippen molar-refractivity contribution in [3.05, 3.63) is 75.2 Å². The fourth-order valence-electron chi connectivity index (χ4n) is 5.97. The van der Waals surface area contributed by atoms with Gasteiger partial charge in [0.15, 0.2) is 11.6 Å². The SMILES string of the molecule is [C-]#[N+]C[C@H]1CN(c2nc(=O)n3c4c(c(-c5ccc(F)cc5F)c(Cl)cc24)OCC3CN2CCC2)CCN1C(=O)C(=C)F. The van der Waals surface area contributed by atoms with Crippen LogP contribution in [0.15, 0.2) is 41.5 Å². The van der Waals surface area contributed by atoms with Crippen molar-refractivity contribution >= 4 is 34.2 Å². The summed E-state index contributed by atoms with van der Waals surface area (Å²) >= 11 is 6.76. The predicted octanol–water partition coefficient (Wildman–Crippen LogP) is 4.05. The Bertz CT molecular complexity index is 1720. The van der Waals surface area contributed by atoms with Gasteiger partial charge in [-0.3, -0.25) is 9.36 Å². The summed E-state index contributed by atoms with van der Waals surface area (Å²) in [7, 11) is 0. The maximum absolute atomic E-state index is 15.0. The summed E-state index contributed by atoms with van der Waals surface area (Å²) in [6, 6.07) is 3.68. The zero-order valence-electron chi connectivity index (χ0n) is 22.5. The van der Waals surface area contributed by atoms with Crippen LogP contribution in [0.3, 0.4) is 0 Å². The summed E-state index contributed by atoms with van der Waals surface area (Å²) in [5.41, 5.74) is 0.0461. The van der Waals surface area contributed by atoms with Crippen LogP contribution in [0.1, 0.15) is 12.5 Å². The Morgan fingerprint density at radius 1 is 1.19 bits per heavy atom. The number of aromatic nitrogens is 2. The minimum absolute atomic E-state index is 0.0209. The second-order valence-electron chi connectivity index (χ2n) is 10.6. The second-order valence-corrected chi connectivity index (χ2v) is 11.0. The highest BCUT2D eigenvalue weighted by molar-refractivity contribution is 6.35. The van der Waals surface area contributed by atoms with Crippen molar-refractivity contribution in [3.8, 4) is 16.9 Å². The van der Waals surface area contributed by atoms with Gasteiger partial charge in [0, 0.05) is 48.8 Å². The van der Waals surface area contributed by atoms with E-state index in [2.05, 4.69) is 21.3 Å². The van der Waals surface area contributed by atoms with Gasteiger partial charge in [-0.1, -0.05) is 18.2 Å². The normalized spacial score (nSPS) is 20.2. The molecule has 4 heterocycles. The maximum Gasteiger partial charge on any atom is 0.350 e. The van der Waals surface area contributed by atoms with Gasteiger partial charge in [0.05, 0.1) is 16.6 Å². The number of anilines is 1. The monoisotopic (exact) mass is 598 g/mol. The van der Waals surface area contributed by atoms with Crippen molar-refractivity contribution in [2.75, 3.05) is 57.3 Å². The Morgan fingerprint density at radius 3 is 2.64 bits per heavy atom. The number of likely N-dealkylation sites (tertiary alicyclic amines) is 1. The molecule has 2 saturated heterocycles. The topological polar surface area (TPSA) is 75.3 Å². The van der Waals surface area contributed by atoms with Crippen LogP contribution in [0.4, 0.5) is 19.0 Å². The van der Waals surface area contributed by atoms with Gasteiger partial charge in [-0.15, -0.1) is 0 Å². The minimum atomic E-state index is -1.12. The molecule has 0 N–H and O–H groups in total. The molecule has 2 atom stereocenters. The molecule has 1 amide bonds. The Hall–Kier alpha value is -4.08. The van der Waals surface area contributed by atoms with Crippen molar-refractivity contribution < 1.29 is 22.7 Å². The van der Waals surface area contributed by atoms with Crippen LogP contribution in [-0.2, 0) is 4.79 Å². The Labute approximate surface area is 244 Å². The molecule has 9 nitrogen and oxygen atoms in total. The summed E-state index contributed by atoms with van der Waals surface area (Å²) in [4.78, 5) is 39.3. The molecule has 2 fully saturated rings. The largest absolute Gasteiger partial charge is 0.488 e. The van der Waals surface area contributed by atoms with E-state index in [1.807, 2.05) is 0 Å². The Kier molecular flexibility index (Phi) is 7.32. The maximum atomic E-state index is 15.0. The number of benzene rings is 2. The first-order valence-electron chi connectivity index (χ1n) is 13.5. The highest BCUT2D eigenvalue weighted by atomic mass is 35.5. The van der Waals surface area contributed by atoms with Gasteiger partial charge in [0.1, 0.15) is 30.1 Å². The zero-order valence-corrected chi connectivity index (χ0v) is 23.2. The van der Waals surface area contributed by atoms with Gasteiger partial charge < -0.3 is 24.3 Å². The first kappa shape index (κ1) is 28.1. The lowest BCUT2D eigenvalue weighted by Crippen LogP contribution is -2.57. The molecule has 3 aliphatic rings. The number of rotatable bonds is 6. The smallest absolute Gasteiger partial charge is 0.350 e. The minimum Gasteiger partial charge on any atom is -0.488 e. The zero-order chi connectivity index (χ0) is 29.7. The molecule has 0 bridgehead atoms. The average Bonchev–Trinajstić information content (AvgIpc) is 2.93. The third-order valence-electron chi connectivity index (χ3n) is 8.08. The number of halogens is 4. The Morgan fingerprint density at radius 2 is 1.98 bits per heavy atom. The van der Waals surface area contributed by atoms with Crippen molar-refractivity contribution in [1.29, 1.82) is 0 Å². The molecule has 218 valence electrons. The highest BCUT2D eigenvalue weighted by Gasteiger charge is 2.37. The lowest BCUT2D eigenvalue weighted by molar-refractivity contribution is -0.131. The molecule has 1 aromatic heterocycles. The van der Waals surface area contributed by atoms with E-state index in [1.54, 1.807) is 15.5 Å². The first-order valence-corrected chi connectivity index (χ1v) is 13.9. The molecule has 0 saturated carbocycles. The molecule has 0 radical (unpaired) electrons. The number of piperazine rings is 1. The van der Waals surface area contributed by atoms with E-state index in [4.69, 9.17) is 22.9 Å². The fourth-order valence-corrected chi connectivity index (χ4v) is 6.27. The van der Waals surface area contributed by atoms with Crippen molar-refractivity contribution in [3.63, 3.8) is 0 Å². The molecule has 42 heavy (non-hydrogen) atoms. The summed E-state index contributed by atoms with van der Waals surface area (Å²) in [6.07, 6.45) is 1.06. The number of nitrogens with zero attached hydrogens (tertiary/aromatic N) is 6. The van der Waals surface area contributed by atoms with Crippen LogP contribution in [-0.4, -0.2) is 83.7 Å². The quantitative estimate of drug-likeness (QED) is 0.315. The van der Waals surface area contributed by atoms with E-state index in [0.717, 1.165) is 31.6 Å². The van der Waals surface area contributed by atoms with Gasteiger partial charge >= 0.3 is 5.69 Å². The number of hydrogen-bond donors (Lipinski definition) is 0. The number of amides is 1. The van der Waals surface area contributed by atoms with Crippen LogP contribution in [0, 0.1) is 18.2 Å². The third-order valence-corrected chi connectivity index (χ3v) is 8.38. The lowest BCUT2D eigenvalue weighted by atomic mass is 9.99. The summed E-state index contributed by atoms with van der Waals surface area (Å²) in [5, 5.41) is 0.572. The van der Waals surface area contributed by atoms with Crippen LogP contribution in [0.2, 0.25) is 5.02 Å². The van der Waals surface area contributed by atoms with Crippen LogP contribution >= 0.6 is 11.6 Å². The Balaban J connectivity index is 1.52. The standard InChI is InChI=1S/C29H26ClF3N6O3/c1-16(31)28(40)38-9-8-37(14-18(38)12-34-2)27-21-11-22(30)24(20-5-4-17(32)10-23(20)33)26-25(21)39(29(41)35-27)19(15-42-26)13-36-6-3-7-36/h4-5,10-11,18-19H,1,3,6-9,12-15H2/t18-,19?/m0/s1. The second kappa shape index (κ2) is 11.0. The molecular formula is C29H26ClF3N6O3. The number of ether oxygens (including phenoxy) is 1. The van der Waals surface area contributed by atoms with Gasteiger partial charge in [-0.25, -0.2) is 24.5 Å². The highest BCUT2D eigenvalue weighted by Crippen LogP contribution is 2.47. The average molecular weight is 599 g/mol. The molecule has 2 aromatic carbocycles. The third kappa shape index (κ3) is 4.76. The van der Waals surface area contributed by atoms with Gasteiger partial charge in [0.2, 0.25) is 6.54 Å². The summed E-state index contributed by atoms with van der Waals surface area (Å²) < 4.78 is 50.3. The molecule has 3 aliphatic heterocycles. The molecule has 13 heteroatoms. The van der Waals surface area contributed by atoms with E-state index >= 15 is 4.39 Å².